The van der Waals surface area contributed by atoms with E-state index in [1.165, 1.54) is 0 Å². The Labute approximate surface area is 184 Å². The predicted molar refractivity (Wildman–Crippen MR) is 116 cm³/mol. The number of ether oxygens (including phenoxy) is 4. The predicted octanol–water partition coefficient (Wildman–Crippen LogP) is 3.81. The topological polar surface area (TPSA) is 95.1 Å². The Bertz CT molecular complexity index is 796. The van der Waals surface area contributed by atoms with Crippen molar-refractivity contribution >= 4 is 17.7 Å². The lowest BCUT2D eigenvalue weighted by molar-refractivity contribution is -0.127. The minimum absolute atomic E-state index is 0.000527. The van der Waals surface area contributed by atoms with Gasteiger partial charge in [0, 0.05) is 30.2 Å². The van der Waals surface area contributed by atoms with Crippen molar-refractivity contribution in [3.8, 4) is 5.75 Å². The number of rotatable bonds is 6. The monoisotopic (exact) mass is 434 g/mol. The molecule has 0 aliphatic carbocycles. The van der Waals surface area contributed by atoms with Gasteiger partial charge in [0.05, 0.1) is 19.3 Å². The summed E-state index contributed by atoms with van der Waals surface area (Å²) in [7, 11) is 0. The average Bonchev–Trinajstić information content (AvgIpc) is 3.13. The Balaban J connectivity index is 1.65. The van der Waals surface area contributed by atoms with Crippen LogP contribution in [0.5, 0.6) is 5.75 Å². The fourth-order valence-corrected chi connectivity index (χ4v) is 3.75. The number of nitrogens with one attached hydrogen (secondary N) is 2. The van der Waals surface area contributed by atoms with E-state index < -0.39 is 17.3 Å². The molecule has 0 saturated carbocycles. The van der Waals surface area contributed by atoms with E-state index in [9.17, 15) is 9.59 Å². The summed E-state index contributed by atoms with van der Waals surface area (Å²) in [4.78, 5) is 24.7. The van der Waals surface area contributed by atoms with Crippen LogP contribution in [0.2, 0.25) is 0 Å². The van der Waals surface area contributed by atoms with E-state index >= 15 is 0 Å². The van der Waals surface area contributed by atoms with Gasteiger partial charge in [-0.3, -0.25) is 10.1 Å². The minimum Gasteiger partial charge on any atom is -0.487 e. The van der Waals surface area contributed by atoms with Crippen LogP contribution in [-0.4, -0.2) is 49.6 Å². The number of hydrogen-bond donors (Lipinski definition) is 2. The minimum atomic E-state index is -0.591. The molecule has 8 heteroatoms. The quantitative estimate of drug-likeness (QED) is 0.707. The van der Waals surface area contributed by atoms with Crippen molar-refractivity contribution in [1.29, 1.82) is 0 Å². The van der Waals surface area contributed by atoms with Gasteiger partial charge in [0.25, 0.3) is 0 Å². The first-order chi connectivity index (χ1) is 14.5. The van der Waals surface area contributed by atoms with Crippen LogP contribution in [0.15, 0.2) is 18.2 Å². The lowest BCUT2D eigenvalue weighted by Gasteiger charge is -2.38. The first kappa shape index (κ1) is 23.3. The van der Waals surface area contributed by atoms with Gasteiger partial charge in [0.1, 0.15) is 23.6 Å². The van der Waals surface area contributed by atoms with Crippen molar-refractivity contribution in [3.63, 3.8) is 0 Å². The van der Waals surface area contributed by atoms with E-state index in [0.29, 0.717) is 37.0 Å². The van der Waals surface area contributed by atoms with Crippen LogP contribution in [-0.2, 0) is 19.0 Å². The molecule has 1 fully saturated rings. The highest BCUT2D eigenvalue weighted by atomic mass is 16.6. The summed E-state index contributed by atoms with van der Waals surface area (Å²) < 4.78 is 22.3. The van der Waals surface area contributed by atoms with Crippen molar-refractivity contribution in [2.24, 2.45) is 5.92 Å². The number of carbonyl (C=O) groups excluding carboxylic acids is 2. The zero-order valence-electron chi connectivity index (χ0n) is 19.1. The summed E-state index contributed by atoms with van der Waals surface area (Å²) in [6.45, 7) is 11.4. The van der Waals surface area contributed by atoms with Gasteiger partial charge >= 0.3 is 6.09 Å². The van der Waals surface area contributed by atoms with E-state index in [4.69, 9.17) is 18.9 Å². The molecule has 2 aliphatic rings. The first-order valence-corrected chi connectivity index (χ1v) is 10.8. The van der Waals surface area contributed by atoms with Gasteiger partial charge in [-0.25, -0.2) is 4.79 Å². The summed E-state index contributed by atoms with van der Waals surface area (Å²) in [5, 5.41) is 5.80. The fourth-order valence-electron chi connectivity index (χ4n) is 3.75. The van der Waals surface area contributed by atoms with Crippen LogP contribution in [0.4, 0.5) is 10.5 Å². The standard InChI is InChI=1S/C23H34N2O6/c1-22(2,3)31-21(27)24-16-6-7-19-17(10-16)18(11-23(4,5)30-19)25-20(26)14-29-13-15-8-9-28-12-15/h6-7,10,15,18H,8-9,11-14H2,1-5H3,(H,24,27)(H,25,26)/t15-,18+/m0/s1. The van der Waals surface area contributed by atoms with Crippen molar-refractivity contribution in [2.45, 2.75) is 64.7 Å². The molecule has 8 nitrogen and oxygen atoms in total. The Hall–Kier alpha value is -2.32. The smallest absolute Gasteiger partial charge is 0.412 e. The third kappa shape index (κ3) is 7.11. The summed E-state index contributed by atoms with van der Waals surface area (Å²) in [6.07, 6.45) is 1.03. The van der Waals surface area contributed by atoms with Crippen LogP contribution >= 0.6 is 0 Å². The highest BCUT2D eigenvalue weighted by Crippen LogP contribution is 2.40. The van der Waals surface area contributed by atoms with E-state index in [1.54, 1.807) is 12.1 Å². The maximum atomic E-state index is 12.5. The number of fused-ring (bicyclic) bond motifs is 1. The molecule has 2 atom stereocenters. The molecule has 2 aliphatic heterocycles. The maximum absolute atomic E-state index is 12.5. The van der Waals surface area contributed by atoms with Gasteiger partial charge in [-0.1, -0.05) is 0 Å². The van der Waals surface area contributed by atoms with Crippen molar-refractivity contribution in [3.05, 3.63) is 23.8 Å². The normalized spacial score (nSPS) is 22.2. The van der Waals surface area contributed by atoms with Crippen LogP contribution in [0.1, 0.15) is 59.1 Å². The molecule has 1 aromatic carbocycles. The van der Waals surface area contributed by atoms with Gasteiger partial charge in [0.2, 0.25) is 5.91 Å². The van der Waals surface area contributed by atoms with Crippen molar-refractivity contribution in [1.82, 2.24) is 5.32 Å². The number of hydrogen-bond acceptors (Lipinski definition) is 6. The third-order valence-electron chi connectivity index (χ3n) is 5.06. The lowest BCUT2D eigenvalue weighted by atomic mass is 9.89. The van der Waals surface area contributed by atoms with Crippen LogP contribution < -0.4 is 15.4 Å². The molecule has 172 valence electrons. The molecular formula is C23H34N2O6. The number of amides is 2. The average molecular weight is 435 g/mol. The molecule has 1 saturated heterocycles. The molecule has 2 heterocycles. The Kier molecular flexibility index (Phi) is 7.11. The second-order valence-corrected chi connectivity index (χ2v) is 9.81. The van der Waals surface area contributed by atoms with Gasteiger partial charge < -0.3 is 24.3 Å². The second-order valence-electron chi connectivity index (χ2n) is 9.81. The molecule has 0 spiro atoms. The maximum Gasteiger partial charge on any atom is 0.412 e. The van der Waals surface area contributed by atoms with Gasteiger partial charge in [0.15, 0.2) is 0 Å². The summed E-state index contributed by atoms with van der Waals surface area (Å²) in [6, 6.07) is 5.12. The molecule has 0 aromatic heterocycles. The van der Waals surface area contributed by atoms with Crippen molar-refractivity contribution < 1.29 is 28.5 Å². The summed E-state index contributed by atoms with van der Waals surface area (Å²) >= 11 is 0. The van der Waals surface area contributed by atoms with E-state index in [0.717, 1.165) is 18.6 Å². The largest absolute Gasteiger partial charge is 0.487 e. The van der Waals surface area contributed by atoms with Crippen LogP contribution in [0.25, 0.3) is 0 Å². The summed E-state index contributed by atoms with van der Waals surface area (Å²) in [5.74, 6) is 0.857. The Morgan fingerprint density at radius 1 is 1.26 bits per heavy atom. The first-order valence-electron chi connectivity index (χ1n) is 10.8. The molecule has 2 amide bonds. The zero-order chi connectivity index (χ0) is 22.6. The highest BCUT2D eigenvalue weighted by molar-refractivity contribution is 5.85. The molecule has 31 heavy (non-hydrogen) atoms. The molecule has 0 radical (unpaired) electrons. The molecule has 2 N–H and O–H groups in total. The van der Waals surface area contributed by atoms with Gasteiger partial charge in [-0.05, 0) is 59.2 Å². The SMILES string of the molecule is CC(C)(C)OC(=O)Nc1ccc2c(c1)[C@H](NC(=O)COC[C@H]1CCOC1)CC(C)(C)O2. The lowest BCUT2D eigenvalue weighted by Crippen LogP contribution is -2.42. The Morgan fingerprint density at radius 3 is 2.71 bits per heavy atom. The molecular weight excluding hydrogens is 400 g/mol. The summed E-state index contributed by atoms with van der Waals surface area (Å²) in [5.41, 5.74) is 0.359. The number of anilines is 1. The van der Waals surface area contributed by atoms with E-state index in [1.807, 2.05) is 40.7 Å². The fraction of sp³-hybridized carbons (Fsp3) is 0.652. The number of benzene rings is 1. The zero-order valence-corrected chi connectivity index (χ0v) is 19.1. The molecule has 3 rings (SSSR count). The third-order valence-corrected chi connectivity index (χ3v) is 5.06. The highest BCUT2D eigenvalue weighted by Gasteiger charge is 2.35. The van der Waals surface area contributed by atoms with E-state index in [2.05, 4.69) is 10.6 Å². The van der Waals surface area contributed by atoms with Gasteiger partial charge in [-0.15, -0.1) is 0 Å². The van der Waals surface area contributed by atoms with E-state index in [-0.39, 0.29) is 18.6 Å². The molecule has 0 unspecified atom stereocenters. The van der Waals surface area contributed by atoms with Crippen LogP contribution in [0, 0.1) is 5.92 Å². The molecule has 0 bridgehead atoms. The van der Waals surface area contributed by atoms with Crippen molar-refractivity contribution in [2.75, 3.05) is 31.7 Å². The van der Waals surface area contributed by atoms with Gasteiger partial charge in [-0.2, -0.15) is 0 Å². The number of carbonyl (C=O) groups is 2. The second kappa shape index (κ2) is 9.44. The van der Waals surface area contributed by atoms with Crippen LogP contribution in [0.3, 0.4) is 0 Å². The molecule has 1 aromatic rings. The Morgan fingerprint density at radius 2 is 2.03 bits per heavy atom.